The van der Waals surface area contributed by atoms with Gasteiger partial charge in [-0.05, 0) is 31.0 Å². The Hall–Kier alpha value is -1.99. The Morgan fingerprint density at radius 2 is 1.58 bits per heavy atom. The number of benzene rings is 1. The van der Waals surface area contributed by atoms with Crippen LogP contribution in [0.25, 0.3) is 0 Å². The van der Waals surface area contributed by atoms with E-state index in [2.05, 4.69) is 20.4 Å². The van der Waals surface area contributed by atoms with Crippen LogP contribution in [0.15, 0.2) is 24.3 Å². The summed E-state index contributed by atoms with van der Waals surface area (Å²) in [4.78, 5) is 28.2. The van der Waals surface area contributed by atoms with E-state index in [9.17, 15) is 14.0 Å². The first-order valence-corrected chi connectivity index (χ1v) is 9.24. The summed E-state index contributed by atoms with van der Waals surface area (Å²) in [5, 5.41) is 5.83. The third-order valence-corrected chi connectivity index (χ3v) is 4.52. The van der Waals surface area contributed by atoms with Gasteiger partial charge in [-0.15, -0.1) is 0 Å². The van der Waals surface area contributed by atoms with Gasteiger partial charge in [-0.2, -0.15) is 0 Å². The maximum absolute atomic E-state index is 13.0. The second-order valence-electron chi connectivity index (χ2n) is 6.74. The molecule has 2 amide bonds. The van der Waals surface area contributed by atoms with Gasteiger partial charge in [0, 0.05) is 32.7 Å². The van der Waals surface area contributed by atoms with Gasteiger partial charge in [-0.25, -0.2) is 4.39 Å². The van der Waals surface area contributed by atoms with E-state index in [1.165, 1.54) is 12.1 Å². The number of amides is 2. The van der Waals surface area contributed by atoms with Crippen LogP contribution < -0.4 is 10.6 Å². The predicted octanol–water partition coefficient (Wildman–Crippen LogP) is 1.15. The molecule has 0 aliphatic carbocycles. The molecular formula is C19H29FN4O2. The van der Waals surface area contributed by atoms with Gasteiger partial charge in [-0.3, -0.25) is 19.4 Å². The number of halogens is 1. The van der Waals surface area contributed by atoms with E-state index in [0.29, 0.717) is 19.6 Å². The second-order valence-corrected chi connectivity index (χ2v) is 6.74. The van der Waals surface area contributed by atoms with E-state index in [0.717, 1.165) is 38.2 Å². The van der Waals surface area contributed by atoms with Crippen molar-refractivity contribution in [1.82, 2.24) is 20.4 Å². The van der Waals surface area contributed by atoms with Crippen molar-refractivity contribution in [3.8, 4) is 0 Å². The smallest absolute Gasteiger partial charge is 0.234 e. The molecule has 26 heavy (non-hydrogen) atoms. The highest BCUT2D eigenvalue weighted by Gasteiger charge is 2.21. The third-order valence-electron chi connectivity index (χ3n) is 4.52. The number of carbonyl (C=O) groups is 2. The molecule has 1 aromatic carbocycles. The number of nitrogens with zero attached hydrogens (tertiary/aromatic N) is 2. The summed E-state index contributed by atoms with van der Waals surface area (Å²) in [5.41, 5.74) is 0.877. The molecule has 1 heterocycles. The van der Waals surface area contributed by atoms with Crippen LogP contribution in [0.5, 0.6) is 0 Å². The van der Waals surface area contributed by atoms with E-state index >= 15 is 0 Å². The zero-order valence-corrected chi connectivity index (χ0v) is 15.6. The van der Waals surface area contributed by atoms with Gasteiger partial charge in [-0.1, -0.05) is 19.1 Å². The van der Waals surface area contributed by atoms with Crippen LogP contribution in [0, 0.1) is 5.82 Å². The average Bonchev–Trinajstić information content (AvgIpc) is 2.62. The topological polar surface area (TPSA) is 64.7 Å². The summed E-state index contributed by atoms with van der Waals surface area (Å²) in [7, 11) is 0. The Morgan fingerprint density at radius 3 is 2.12 bits per heavy atom. The molecule has 1 saturated heterocycles. The lowest BCUT2D eigenvalue weighted by Crippen LogP contribution is -2.51. The van der Waals surface area contributed by atoms with Crippen molar-refractivity contribution in [2.24, 2.45) is 0 Å². The lowest BCUT2D eigenvalue weighted by atomic mass is 10.1. The van der Waals surface area contributed by atoms with Gasteiger partial charge >= 0.3 is 0 Å². The molecule has 1 aliphatic heterocycles. The molecule has 7 heteroatoms. The van der Waals surface area contributed by atoms with E-state index in [1.54, 1.807) is 12.1 Å². The number of piperazine rings is 1. The summed E-state index contributed by atoms with van der Waals surface area (Å²) < 4.78 is 13.0. The molecule has 0 saturated carbocycles. The maximum Gasteiger partial charge on any atom is 0.234 e. The van der Waals surface area contributed by atoms with Crippen LogP contribution in [0.1, 0.15) is 31.9 Å². The predicted molar refractivity (Wildman–Crippen MR) is 99.1 cm³/mol. The summed E-state index contributed by atoms with van der Waals surface area (Å²) in [6, 6.07) is 6.00. The lowest BCUT2D eigenvalue weighted by molar-refractivity contribution is -0.125. The standard InChI is InChI=1S/C19H29FN4O2/c1-3-8-21-18(25)13-23-9-11-24(12-10-23)14-19(26)22-15(2)16-4-6-17(20)7-5-16/h4-7,15H,3,8-14H2,1-2H3,(H,21,25)(H,22,26). The highest BCUT2D eigenvalue weighted by molar-refractivity contribution is 5.78. The van der Waals surface area contributed by atoms with Crippen LogP contribution in [0.2, 0.25) is 0 Å². The summed E-state index contributed by atoms with van der Waals surface area (Å²) in [6.07, 6.45) is 0.935. The molecule has 0 spiro atoms. The molecule has 2 N–H and O–H groups in total. The molecule has 1 unspecified atom stereocenters. The molecule has 0 radical (unpaired) electrons. The molecule has 0 bridgehead atoms. The number of nitrogens with one attached hydrogen (secondary N) is 2. The van der Waals surface area contributed by atoms with Crippen molar-refractivity contribution in [3.05, 3.63) is 35.6 Å². The van der Waals surface area contributed by atoms with Gasteiger partial charge in [0.15, 0.2) is 0 Å². The molecule has 6 nitrogen and oxygen atoms in total. The molecular weight excluding hydrogens is 335 g/mol. The van der Waals surface area contributed by atoms with Gasteiger partial charge in [0.05, 0.1) is 19.1 Å². The fourth-order valence-electron chi connectivity index (χ4n) is 2.95. The van der Waals surface area contributed by atoms with Crippen LogP contribution in [-0.2, 0) is 9.59 Å². The van der Waals surface area contributed by atoms with E-state index < -0.39 is 0 Å². The molecule has 1 atom stereocenters. The first-order valence-electron chi connectivity index (χ1n) is 9.24. The van der Waals surface area contributed by atoms with Crippen LogP contribution >= 0.6 is 0 Å². The molecule has 144 valence electrons. The van der Waals surface area contributed by atoms with Crippen molar-refractivity contribution in [3.63, 3.8) is 0 Å². The third kappa shape index (κ3) is 6.72. The minimum atomic E-state index is -0.284. The molecule has 1 fully saturated rings. The monoisotopic (exact) mass is 364 g/mol. The van der Waals surface area contributed by atoms with E-state index in [-0.39, 0.29) is 23.7 Å². The van der Waals surface area contributed by atoms with Crippen molar-refractivity contribution < 1.29 is 14.0 Å². The minimum absolute atomic E-state index is 0.0454. The van der Waals surface area contributed by atoms with Crippen LogP contribution in [0.3, 0.4) is 0 Å². The van der Waals surface area contributed by atoms with Crippen LogP contribution in [0.4, 0.5) is 4.39 Å². The Morgan fingerprint density at radius 1 is 1.04 bits per heavy atom. The first kappa shape index (κ1) is 20.3. The largest absolute Gasteiger partial charge is 0.355 e. The normalized spacial score (nSPS) is 16.9. The SMILES string of the molecule is CCCNC(=O)CN1CCN(CC(=O)NC(C)c2ccc(F)cc2)CC1. The lowest BCUT2D eigenvalue weighted by Gasteiger charge is -2.34. The van der Waals surface area contributed by atoms with Crippen LogP contribution in [-0.4, -0.2) is 67.4 Å². The fourth-order valence-corrected chi connectivity index (χ4v) is 2.95. The Kier molecular flexibility index (Phi) is 8.00. The molecule has 1 aliphatic rings. The molecule has 1 aromatic rings. The van der Waals surface area contributed by atoms with E-state index in [4.69, 9.17) is 0 Å². The molecule has 2 rings (SSSR count). The van der Waals surface area contributed by atoms with E-state index in [1.807, 2.05) is 13.8 Å². The quantitative estimate of drug-likeness (QED) is 0.726. The second kappa shape index (κ2) is 10.2. The highest BCUT2D eigenvalue weighted by atomic mass is 19.1. The zero-order chi connectivity index (χ0) is 18.9. The number of rotatable bonds is 8. The summed E-state index contributed by atoms with van der Waals surface area (Å²) in [5.74, 6) is -0.268. The van der Waals surface area contributed by atoms with Crippen molar-refractivity contribution in [2.75, 3.05) is 45.8 Å². The maximum atomic E-state index is 13.0. The molecule has 0 aromatic heterocycles. The van der Waals surface area contributed by atoms with Gasteiger partial charge < -0.3 is 10.6 Å². The fraction of sp³-hybridized carbons (Fsp3) is 0.579. The Labute approximate surface area is 154 Å². The number of hydrogen-bond acceptors (Lipinski definition) is 4. The van der Waals surface area contributed by atoms with Gasteiger partial charge in [0.25, 0.3) is 0 Å². The first-order chi connectivity index (χ1) is 12.5. The van der Waals surface area contributed by atoms with Crippen molar-refractivity contribution in [1.29, 1.82) is 0 Å². The number of hydrogen-bond donors (Lipinski definition) is 2. The zero-order valence-electron chi connectivity index (χ0n) is 15.6. The minimum Gasteiger partial charge on any atom is -0.355 e. The Bertz CT molecular complexity index is 586. The Balaban J connectivity index is 1.69. The van der Waals surface area contributed by atoms with Crippen molar-refractivity contribution in [2.45, 2.75) is 26.3 Å². The highest BCUT2D eigenvalue weighted by Crippen LogP contribution is 2.12. The summed E-state index contributed by atoms with van der Waals surface area (Å²) >= 11 is 0. The van der Waals surface area contributed by atoms with Gasteiger partial charge in [0.2, 0.25) is 11.8 Å². The summed E-state index contributed by atoms with van der Waals surface area (Å²) in [6.45, 7) is 8.47. The average molecular weight is 364 g/mol. The number of carbonyl (C=O) groups excluding carboxylic acids is 2. The van der Waals surface area contributed by atoms with Gasteiger partial charge in [0.1, 0.15) is 5.82 Å². The van der Waals surface area contributed by atoms with Crippen molar-refractivity contribution >= 4 is 11.8 Å².